The number of hydrogen-bond acceptors (Lipinski definition) is 6. The van der Waals surface area contributed by atoms with Crippen molar-refractivity contribution in [1.29, 1.82) is 0 Å². The van der Waals surface area contributed by atoms with Crippen LogP contribution in [0.2, 0.25) is 0 Å². The third-order valence-corrected chi connectivity index (χ3v) is 4.88. The van der Waals surface area contributed by atoms with Crippen molar-refractivity contribution in [2.45, 2.75) is 39.7 Å². The molecule has 8 nitrogen and oxygen atoms in total. The number of benzene rings is 1. The molecule has 0 atom stereocenters. The Hall–Kier alpha value is -3.94. The van der Waals surface area contributed by atoms with Crippen molar-refractivity contribution in [2.24, 2.45) is 0 Å². The lowest BCUT2D eigenvalue weighted by Gasteiger charge is -2.02. The van der Waals surface area contributed by atoms with E-state index in [-0.39, 0.29) is 11.5 Å². The van der Waals surface area contributed by atoms with Crippen molar-refractivity contribution in [2.75, 3.05) is 5.32 Å². The Balaban J connectivity index is 1.51. The number of carbonyl (C=O) groups is 2. The average molecular weight is 432 g/mol. The number of hydrogen-bond donors (Lipinski definition) is 1. The second-order valence-corrected chi connectivity index (χ2v) is 7.43. The van der Waals surface area contributed by atoms with E-state index in [1.807, 2.05) is 30.3 Å². The van der Waals surface area contributed by atoms with Crippen LogP contribution in [0.25, 0.3) is 11.3 Å². The predicted molar refractivity (Wildman–Crippen MR) is 119 cm³/mol. The number of oxazole rings is 1. The lowest BCUT2D eigenvalue weighted by molar-refractivity contribution is 0.0983. The van der Waals surface area contributed by atoms with Crippen LogP contribution in [-0.2, 0) is 13.0 Å². The number of Topliss-reactive ketones (excluding diaryl/α,β-unsaturated/α-hetero) is 1. The van der Waals surface area contributed by atoms with Crippen LogP contribution in [0.3, 0.4) is 0 Å². The fourth-order valence-electron chi connectivity index (χ4n) is 3.24. The third-order valence-electron chi connectivity index (χ3n) is 4.88. The fraction of sp³-hybridized carbons (Fsp3) is 0.250. The van der Waals surface area contributed by atoms with E-state index in [1.165, 1.54) is 6.92 Å². The van der Waals surface area contributed by atoms with Crippen LogP contribution in [0.15, 0.2) is 63.6 Å². The number of anilines is 1. The molecule has 32 heavy (non-hydrogen) atoms. The average Bonchev–Trinajstić information content (AvgIpc) is 3.53. The van der Waals surface area contributed by atoms with Gasteiger partial charge in [-0.05, 0) is 18.6 Å². The molecule has 1 amide bonds. The SMILES string of the molecule is CCCCc1nc(C(=O)Nc2ccn(Cc3ccc(C(C)=O)o3)n2)c(-c2ccccc2)o1. The zero-order valence-electron chi connectivity index (χ0n) is 18.0. The van der Waals surface area contributed by atoms with Gasteiger partial charge >= 0.3 is 0 Å². The Kier molecular flexibility index (Phi) is 6.30. The summed E-state index contributed by atoms with van der Waals surface area (Å²) >= 11 is 0. The monoisotopic (exact) mass is 432 g/mol. The van der Waals surface area contributed by atoms with Gasteiger partial charge in [-0.25, -0.2) is 4.98 Å². The molecular weight excluding hydrogens is 408 g/mol. The molecule has 3 aromatic heterocycles. The van der Waals surface area contributed by atoms with Gasteiger partial charge in [-0.2, -0.15) is 5.10 Å². The molecule has 0 spiro atoms. The molecule has 8 heteroatoms. The fourth-order valence-corrected chi connectivity index (χ4v) is 3.24. The van der Waals surface area contributed by atoms with Crippen LogP contribution in [-0.4, -0.2) is 26.5 Å². The van der Waals surface area contributed by atoms with Crippen molar-refractivity contribution in [3.8, 4) is 11.3 Å². The quantitative estimate of drug-likeness (QED) is 0.374. The van der Waals surface area contributed by atoms with E-state index in [0.717, 1.165) is 18.4 Å². The first-order valence-corrected chi connectivity index (χ1v) is 10.5. The van der Waals surface area contributed by atoms with E-state index in [1.54, 1.807) is 29.1 Å². The van der Waals surface area contributed by atoms with Gasteiger partial charge in [0.1, 0.15) is 5.76 Å². The minimum atomic E-state index is -0.391. The molecular formula is C24H24N4O4. The zero-order chi connectivity index (χ0) is 22.5. The Morgan fingerprint density at radius 1 is 1.06 bits per heavy atom. The lowest BCUT2D eigenvalue weighted by Crippen LogP contribution is -2.14. The van der Waals surface area contributed by atoms with Crippen LogP contribution >= 0.6 is 0 Å². The second-order valence-electron chi connectivity index (χ2n) is 7.43. The van der Waals surface area contributed by atoms with E-state index >= 15 is 0 Å². The first-order valence-electron chi connectivity index (χ1n) is 10.5. The minimum absolute atomic E-state index is 0.134. The maximum Gasteiger partial charge on any atom is 0.279 e. The standard InChI is InChI=1S/C24H24N4O4/c1-3-4-10-21-26-22(23(32-21)17-8-6-5-7-9-17)24(30)25-20-13-14-28(27-20)15-18-11-12-19(31-18)16(2)29/h5-9,11-14H,3-4,10,15H2,1-2H3,(H,25,27,30). The molecule has 0 fully saturated rings. The maximum atomic E-state index is 13.0. The molecule has 0 saturated carbocycles. The van der Waals surface area contributed by atoms with E-state index in [0.29, 0.717) is 42.0 Å². The molecule has 164 valence electrons. The highest BCUT2D eigenvalue weighted by atomic mass is 16.4. The summed E-state index contributed by atoms with van der Waals surface area (Å²) in [6, 6.07) is 14.5. The highest BCUT2D eigenvalue weighted by molar-refractivity contribution is 6.06. The molecule has 0 aliphatic carbocycles. The van der Waals surface area contributed by atoms with E-state index in [9.17, 15) is 9.59 Å². The molecule has 0 bridgehead atoms. The third kappa shape index (κ3) is 4.85. The van der Waals surface area contributed by atoms with E-state index in [4.69, 9.17) is 8.83 Å². The summed E-state index contributed by atoms with van der Waals surface area (Å²) < 4.78 is 13.0. The van der Waals surface area contributed by atoms with Gasteiger partial charge in [-0.1, -0.05) is 43.7 Å². The number of amides is 1. The van der Waals surface area contributed by atoms with Crippen molar-refractivity contribution in [3.63, 3.8) is 0 Å². The van der Waals surface area contributed by atoms with Crippen LogP contribution < -0.4 is 5.32 Å². The smallest absolute Gasteiger partial charge is 0.279 e. The molecule has 0 aliphatic rings. The topological polar surface area (TPSA) is 103 Å². The van der Waals surface area contributed by atoms with Gasteiger partial charge in [0.15, 0.2) is 34.7 Å². The van der Waals surface area contributed by atoms with Gasteiger partial charge in [0.05, 0.1) is 6.54 Å². The minimum Gasteiger partial charge on any atom is -0.456 e. The molecule has 4 aromatic rings. The Labute approximate surface area is 185 Å². The van der Waals surface area contributed by atoms with Gasteiger partial charge < -0.3 is 14.2 Å². The van der Waals surface area contributed by atoms with Crippen molar-refractivity contribution in [3.05, 3.63) is 77.8 Å². The number of aromatic nitrogens is 3. The van der Waals surface area contributed by atoms with E-state index < -0.39 is 5.91 Å². The van der Waals surface area contributed by atoms with Crippen LogP contribution in [0, 0.1) is 0 Å². The number of furan rings is 1. The van der Waals surface area contributed by atoms with Gasteiger partial charge in [0, 0.05) is 31.2 Å². The maximum absolute atomic E-state index is 13.0. The number of nitrogens with zero attached hydrogens (tertiary/aromatic N) is 3. The number of rotatable bonds is 9. The number of unbranched alkanes of at least 4 members (excludes halogenated alkanes) is 1. The summed E-state index contributed by atoms with van der Waals surface area (Å²) in [5.41, 5.74) is 1.02. The molecule has 1 N–H and O–H groups in total. The number of carbonyl (C=O) groups excluding carboxylic acids is 2. The largest absolute Gasteiger partial charge is 0.456 e. The Bertz CT molecular complexity index is 1220. The van der Waals surface area contributed by atoms with Gasteiger partial charge in [0.25, 0.3) is 5.91 Å². The second kappa shape index (κ2) is 9.47. The lowest BCUT2D eigenvalue weighted by atomic mass is 10.1. The van der Waals surface area contributed by atoms with Crippen molar-refractivity contribution < 1.29 is 18.4 Å². The zero-order valence-corrected chi connectivity index (χ0v) is 18.0. The number of nitrogens with one attached hydrogen (secondary N) is 1. The predicted octanol–water partition coefficient (Wildman–Crippen LogP) is 4.98. The van der Waals surface area contributed by atoms with Crippen molar-refractivity contribution in [1.82, 2.24) is 14.8 Å². The van der Waals surface area contributed by atoms with Crippen LogP contribution in [0.1, 0.15) is 59.4 Å². The number of ketones is 1. The highest BCUT2D eigenvalue weighted by Gasteiger charge is 2.22. The molecule has 0 unspecified atom stereocenters. The molecule has 0 radical (unpaired) electrons. The first kappa shape index (κ1) is 21.3. The Morgan fingerprint density at radius 2 is 1.88 bits per heavy atom. The molecule has 3 heterocycles. The van der Waals surface area contributed by atoms with Gasteiger partial charge in [-0.15, -0.1) is 0 Å². The summed E-state index contributed by atoms with van der Waals surface area (Å²) in [5, 5.41) is 7.15. The first-order chi connectivity index (χ1) is 15.5. The van der Waals surface area contributed by atoms with Crippen LogP contribution in [0.5, 0.6) is 0 Å². The summed E-state index contributed by atoms with van der Waals surface area (Å²) in [6.45, 7) is 3.88. The summed E-state index contributed by atoms with van der Waals surface area (Å²) in [6.07, 6.45) is 4.33. The van der Waals surface area contributed by atoms with Gasteiger partial charge in [-0.3, -0.25) is 14.3 Å². The summed E-state index contributed by atoms with van der Waals surface area (Å²) in [4.78, 5) is 28.8. The van der Waals surface area contributed by atoms with Crippen molar-refractivity contribution >= 4 is 17.5 Å². The molecule has 0 saturated heterocycles. The highest BCUT2D eigenvalue weighted by Crippen LogP contribution is 2.26. The molecule has 1 aromatic carbocycles. The van der Waals surface area contributed by atoms with Gasteiger partial charge in [0.2, 0.25) is 0 Å². The normalized spacial score (nSPS) is 10.9. The molecule has 4 rings (SSSR count). The molecule has 0 aliphatic heterocycles. The Morgan fingerprint density at radius 3 is 2.59 bits per heavy atom. The van der Waals surface area contributed by atoms with E-state index in [2.05, 4.69) is 22.3 Å². The van der Waals surface area contributed by atoms with Crippen LogP contribution in [0.4, 0.5) is 5.82 Å². The summed E-state index contributed by atoms with van der Waals surface area (Å²) in [5.74, 6) is 1.74. The summed E-state index contributed by atoms with van der Waals surface area (Å²) in [7, 11) is 0. The number of aryl methyl sites for hydroxylation is 1.